The first kappa shape index (κ1) is 13.6. The first-order chi connectivity index (χ1) is 9.11. The highest BCUT2D eigenvalue weighted by Crippen LogP contribution is 2.16. The minimum absolute atomic E-state index is 0.0800. The van der Waals surface area contributed by atoms with E-state index in [0.717, 1.165) is 11.1 Å². The summed E-state index contributed by atoms with van der Waals surface area (Å²) >= 11 is 0. The highest BCUT2D eigenvalue weighted by atomic mass is 16.3. The number of hydrogen-bond acceptors (Lipinski definition) is 3. The van der Waals surface area contributed by atoms with Crippen LogP contribution < -0.4 is 0 Å². The van der Waals surface area contributed by atoms with Crippen molar-refractivity contribution in [3.8, 4) is 11.8 Å². The summed E-state index contributed by atoms with van der Waals surface area (Å²) in [5.74, 6) is 5.35. The summed E-state index contributed by atoms with van der Waals surface area (Å²) in [5, 5.41) is 18.2. The van der Waals surface area contributed by atoms with E-state index in [-0.39, 0.29) is 12.5 Å². The summed E-state index contributed by atoms with van der Waals surface area (Å²) in [6.07, 6.45) is 0.220. The Hall–Kier alpha value is -1.83. The molecule has 4 heteroatoms. The second kappa shape index (κ2) is 5.87. The Labute approximate surface area is 112 Å². The summed E-state index contributed by atoms with van der Waals surface area (Å²) in [5.41, 5.74) is 2.29. The summed E-state index contributed by atoms with van der Waals surface area (Å²) in [4.78, 5) is 13.9. The quantitative estimate of drug-likeness (QED) is 0.724. The highest BCUT2D eigenvalue weighted by molar-refractivity contribution is 5.95. The number of carbonyl (C=O) groups is 1. The Morgan fingerprint density at radius 1 is 1.53 bits per heavy atom. The molecule has 2 N–H and O–H groups in total. The maximum Gasteiger partial charge on any atom is 0.253 e. The largest absolute Gasteiger partial charge is 0.391 e. The molecule has 1 fully saturated rings. The van der Waals surface area contributed by atoms with E-state index in [1.165, 1.54) is 0 Å². The van der Waals surface area contributed by atoms with Gasteiger partial charge in [0.15, 0.2) is 0 Å². The van der Waals surface area contributed by atoms with Crippen molar-refractivity contribution in [1.82, 2.24) is 4.90 Å². The van der Waals surface area contributed by atoms with E-state index in [9.17, 15) is 9.90 Å². The van der Waals surface area contributed by atoms with E-state index in [2.05, 4.69) is 11.8 Å². The topological polar surface area (TPSA) is 60.8 Å². The van der Waals surface area contributed by atoms with Gasteiger partial charge in [-0.3, -0.25) is 4.79 Å². The van der Waals surface area contributed by atoms with Crippen LogP contribution in [0.25, 0.3) is 0 Å². The standard InChI is InChI=1S/C15H17NO3/c1-11-4-5-13(9-12(11)3-2-8-17)15(19)16-7-6-14(18)10-16/h4-5,9,14,17-18H,6-8,10H2,1H3. The molecule has 1 heterocycles. The number of aliphatic hydroxyl groups excluding tert-OH is 2. The van der Waals surface area contributed by atoms with Crippen molar-refractivity contribution in [3.63, 3.8) is 0 Å². The van der Waals surface area contributed by atoms with Crippen molar-refractivity contribution < 1.29 is 15.0 Å². The van der Waals surface area contributed by atoms with Crippen molar-refractivity contribution in [2.45, 2.75) is 19.4 Å². The third kappa shape index (κ3) is 3.14. The number of carbonyl (C=O) groups excluding carboxylic acids is 1. The van der Waals surface area contributed by atoms with Crippen molar-refractivity contribution in [2.24, 2.45) is 0 Å². The van der Waals surface area contributed by atoms with Crippen LogP contribution in [0.4, 0.5) is 0 Å². The summed E-state index contributed by atoms with van der Waals surface area (Å²) < 4.78 is 0. The van der Waals surface area contributed by atoms with E-state index in [0.29, 0.717) is 25.1 Å². The van der Waals surface area contributed by atoms with Gasteiger partial charge < -0.3 is 15.1 Å². The van der Waals surface area contributed by atoms with Crippen LogP contribution in [0, 0.1) is 18.8 Å². The number of likely N-dealkylation sites (tertiary alicyclic amines) is 1. The van der Waals surface area contributed by atoms with Gasteiger partial charge in [0.05, 0.1) is 6.10 Å². The zero-order chi connectivity index (χ0) is 13.8. The fourth-order valence-corrected chi connectivity index (χ4v) is 2.13. The third-order valence-electron chi connectivity index (χ3n) is 3.24. The molecular weight excluding hydrogens is 242 g/mol. The maximum absolute atomic E-state index is 12.2. The summed E-state index contributed by atoms with van der Waals surface area (Å²) in [7, 11) is 0. The normalized spacial score (nSPS) is 18.1. The molecule has 0 saturated carbocycles. The molecule has 1 aliphatic rings. The maximum atomic E-state index is 12.2. The van der Waals surface area contributed by atoms with Gasteiger partial charge >= 0.3 is 0 Å². The van der Waals surface area contributed by atoms with Crippen LogP contribution in [-0.4, -0.2) is 46.8 Å². The molecule has 1 atom stereocenters. The van der Waals surface area contributed by atoms with Crippen LogP contribution in [0.2, 0.25) is 0 Å². The molecule has 0 spiro atoms. The molecule has 1 unspecified atom stereocenters. The van der Waals surface area contributed by atoms with Crippen molar-refractivity contribution in [2.75, 3.05) is 19.7 Å². The number of β-amino-alcohol motifs (C(OH)–C–C–N with tert-alkyl or cyclic N) is 1. The minimum Gasteiger partial charge on any atom is -0.391 e. The summed E-state index contributed by atoms with van der Waals surface area (Å²) in [6, 6.07) is 5.36. The Kier molecular flexibility index (Phi) is 4.20. The van der Waals surface area contributed by atoms with Gasteiger partial charge in [-0.05, 0) is 31.0 Å². The molecule has 0 aromatic heterocycles. The molecule has 0 bridgehead atoms. The van der Waals surface area contributed by atoms with Crippen molar-refractivity contribution >= 4 is 5.91 Å². The van der Waals surface area contributed by atoms with Gasteiger partial charge in [0.25, 0.3) is 5.91 Å². The lowest BCUT2D eigenvalue weighted by atomic mass is 10.0. The average molecular weight is 259 g/mol. The Morgan fingerprint density at radius 2 is 2.32 bits per heavy atom. The molecule has 4 nitrogen and oxygen atoms in total. The van der Waals surface area contributed by atoms with Crippen LogP contribution >= 0.6 is 0 Å². The van der Waals surface area contributed by atoms with Gasteiger partial charge in [-0.2, -0.15) is 0 Å². The van der Waals surface area contributed by atoms with Crippen molar-refractivity contribution in [3.05, 3.63) is 34.9 Å². The van der Waals surface area contributed by atoms with E-state index in [1.807, 2.05) is 13.0 Å². The fraction of sp³-hybridized carbons (Fsp3) is 0.400. The zero-order valence-electron chi connectivity index (χ0n) is 10.9. The molecule has 1 aromatic carbocycles. The highest BCUT2D eigenvalue weighted by Gasteiger charge is 2.25. The van der Waals surface area contributed by atoms with Crippen LogP contribution in [0.5, 0.6) is 0 Å². The van der Waals surface area contributed by atoms with Crippen LogP contribution in [0.1, 0.15) is 27.9 Å². The van der Waals surface area contributed by atoms with E-state index in [4.69, 9.17) is 5.11 Å². The number of nitrogens with zero attached hydrogens (tertiary/aromatic N) is 1. The lowest BCUT2D eigenvalue weighted by Gasteiger charge is -2.16. The first-order valence-corrected chi connectivity index (χ1v) is 6.29. The van der Waals surface area contributed by atoms with Crippen molar-refractivity contribution in [1.29, 1.82) is 0 Å². The second-order valence-corrected chi connectivity index (χ2v) is 4.68. The predicted molar refractivity (Wildman–Crippen MR) is 71.7 cm³/mol. The number of aryl methyl sites for hydroxylation is 1. The second-order valence-electron chi connectivity index (χ2n) is 4.68. The first-order valence-electron chi connectivity index (χ1n) is 6.29. The van der Waals surface area contributed by atoms with Crippen LogP contribution in [0.3, 0.4) is 0 Å². The molecule has 1 aromatic rings. The van der Waals surface area contributed by atoms with E-state index in [1.54, 1.807) is 17.0 Å². The summed E-state index contributed by atoms with van der Waals surface area (Å²) in [6.45, 7) is 2.70. The van der Waals surface area contributed by atoms with Gasteiger partial charge in [0.2, 0.25) is 0 Å². The number of benzene rings is 1. The SMILES string of the molecule is Cc1ccc(C(=O)N2CCC(O)C2)cc1C#CCO. The lowest BCUT2D eigenvalue weighted by molar-refractivity contribution is 0.0765. The van der Waals surface area contributed by atoms with Gasteiger partial charge in [0, 0.05) is 24.2 Å². The average Bonchev–Trinajstić information content (AvgIpc) is 2.83. The van der Waals surface area contributed by atoms with Gasteiger partial charge in [-0.1, -0.05) is 17.9 Å². The van der Waals surface area contributed by atoms with E-state index < -0.39 is 6.10 Å². The Balaban J connectivity index is 2.23. The number of rotatable bonds is 1. The van der Waals surface area contributed by atoms with Gasteiger partial charge in [-0.25, -0.2) is 0 Å². The van der Waals surface area contributed by atoms with E-state index >= 15 is 0 Å². The monoisotopic (exact) mass is 259 g/mol. The van der Waals surface area contributed by atoms with Crippen LogP contribution in [-0.2, 0) is 0 Å². The Morgan fingerprint density at radius 3 is 2.95 bits per heavy atom. The molecule has 1 aliphatic heterocycles. The molecule has 1 saturated heterocycles. The number of amides is 1. The number of aliphatic hydroxyl groups is 2. The Bertz CT molecular complexity index is 542. The molecular formula is C15H17NO3. The van der Waals surface area contributed by atoms with Gasteiger partial charge in [-0.15, -0.1) is 0 Å². The molecule has 1 amide bonds. The fourth-order valence-electron chi connectivity index (χ4n) is 2.13. The molecule has 2 rings (SSSR count). The molecule has 19 heavy (non-hydrogen) atoms. The predicted octanol–water partition coefficient (Wildman–Crippen LogP) is 0.546. The molecule has 0 aliphatic carbocycles. The minimum atomic E-state index is -0.414. The molecule has 0 radical (unpaired) electrons. The smallest absolute Gasteiger partial charge is 0.253 e. The zero-order valence-corrected chi connectivity index (χ0v) is 10.9. The molecule has 100 valence electrons. The lowest BCUT2D eigenvalue weighted by Crippen LogP contribution is -2.29. The third-order valence-corrected chi connectivity index (χ3v) is 3.24. The van der Waals surface area contributed by atoms with Crippen LogP contribution in [0.15, 0.2) is 18.2 Å². The number of hydrogen-bond donors (Lipinski definition) is 2. The van der Waals surface area contributed by atoms with Gasteiger partial charge in [0.1, 0.15) is 6.61 Å².